The van der Waals surface area contributed by atoms with Crippen molar-refractivity contribution in [2.45, 2.75) is 27.7 Å². The minimum absolute atomic E-state index is 1.01. The third kappa shape index (κ3) is 6.80. The second-order valence-electron chi connectivity index (χ2n) is 13.7. The number of fused-ring (bicyclic) bond motifs is 12. The van der Waals surface area contributed by atoms with Crippen molar-refractivity contribution in [3.8, 4) is 16.8 Å². The summed E-state index contributed by atoms with van der Waals surface area (Å²) < 4.78 is 4.78. The van der Waals surface area contributed by atoms with Crippen molar-refractivity contribution >= 4 is 60.2 Å². The first-order valence-corrected chi connectivity index (χ1v) is 19.5. The van der Waals surface area contributed by atoms with Crippen molar-refractivity contribution < 1.29 is 0 Å². The first kappa shape index (κ1) is 36.0. The second-order valence-corrected chi connectivity index (χ2v) is 13.7. The summed E-state index contributed by atoms with van der Waals surface area (Å²) >= 11 is 0. The third-order valence-electron chi connectivity index (χ3n) is 10.1. The van der Waals surface area contributed by atoms with Gasteiger partial charge in [-0.3, -0.25) is 4.40 Å². The van der Waals surface area contributed by atoms with Gasteiger partial charge >= 0.3 is 0 Å². The molecule has 0 amide bonds. The average Bonchev–Trinajstić information content (AvgIpc) is 3.83. The molecule has 3 heterocycles. The molecule has 11 rings (SSSR count). The van der Waals surface area contributed by atoms with Crippen LogP contribution < -0.4 is 0 Å². The van der Waals surface area contributed by atoms with Gasteiger partial charge in [-0.1, -0.05) is 183 Å². The summed E-state index contributed by atoms with van der Waals surface area (Å²) in [5.74, 6) is 0. The van der Waals surface area contributed by atoms with E-state index in [1.54, 1.807) is 0 Å². The van der Waals surface area contributed by atoms with Gasteiger partial charge in [-0.15, -0.1) is 0 Å². The summed E-state index contributed by atoms with van der Waals surface area (Å²) in [7, 11) is 0. The van der Waals surface area contributed by atoms with Crippen LogP contribution in [0.25, 0.3) is 77.0 Å². The Balaban J connectivity index is 0.000000172. The second kappa shape index (κ2) is 16.2. The number of nitrogens with zero attached hydrogens (tertiary/aromatic N) is 3. The van der Waals surface area contributed by atoms with E-state index in [0.29, 0.717) is 0 Å². The number of para-hydroxylation sites is 3. The number of pyridine rings is 1. The third-order valence-corrected chi connectivity index (χ3v) is 10.1. The highest BCUT2D eigenvalue weighted by Crippen LogP contribution is 2.41. The largest absolute Gasteiger partial charge is 0.309 e. The lowest BCUT2D eigenvalue weighted by atomic mass is 10.0. The van der Waals surface area contributed by atoms with Gasteiger partial charge in [-0.25, -0.2) is 4.98 Å². The predicted molar refractivity (Wildman–Crippen MR) is 241 cm³/mol. The number of hydrogen-bond donors (Lipinski definition) is 0. The topological polar surface area (TPSA) is 22.2 Å². The first-order valence-electron chi connectivity index (χ1n) is 19.5. The summed E-state index contributed by atoms with van der Waals surface area (Å²) in [4.78, 5) is 5.06. The minimum atomic E-state index is 1.01. The minimum Gasteiger partial charge on any atom is -0.309 e. The van der Waals surface area contributed by atoms with Crippen LogP contribution in [0.4, 0.5) is 0 Å². The summed E-state index contributed by atoms with van der Waals surface area (Å²) in [6.07, 6.45) is 0. The van der Waals surface area contributed by atoms with Gasteiger partial charge in [0, 0.05) is 27.2 Å². The van der Waals surface area contributed by atoms with Gasteiger partial charge in [0.15, 0.2) is 0 Å². The van der Waals surface area contributed by atoms with Crippen LogP contribution in [0, 0.1) is 13.8 Å². The van der Waals surface area contributed by atoms with E-state index in [4.69, 9.17) is 4.98 Å². The molecule has 0 spiro atoms. The van der Waals surface area contributed by atoms with Crippen LogP contribution in [0.3, 0.4) is 0 Å². The normalized spacial score (nSPS) is 10.9. The lowest BCUT2D eigenvalue weighted by Crippen LogP contribution is -1.97. The number of hydrogen-bond acceptors (Lipinski definition) is 1. The molecular weight excluding hydrogens is 679 g/mol. The van der Waals surface area contributed by atoms with Gasteiger partial charge in [-0.2, -0.15) is 0 Å². The fourth-order valence-corrected chi connectivity index (χ4v) is 7.68. The van der Waals surface area contributed by atoms with E-state index in [0.717, 1.165) is 16.7 Å². The molecular formula is C53H45N3. The van der Waals surface area contributed by atoms with Crippen molar-refractivity contribution in [1.82, 2.24) is 14.0 Å². The molecule has 56 heavy (non-hydrogen) atoms. The molecule has 0 aliphatic carbocycles. The monoisotopic (exact) mass is 723 g/mol. The summed E-state index contributed by atoms with van der Waals surface area (Å²) in [5, 5.41) is 6.19. The van der Waals surface area contributed by atoms with E-state index < -0.39 is 0 Å². The van der Waals surface area contributed by atoms with E-state index in [1.807, 2.05) is 44.2 Å². The maximum atomic E-state index is 5.06. The molecule has 3 nitrogen and oxygen atoms in total. The van der Waals surface area contributed by atoms with Crippen LogP contribution in [-0.4, -0.2) is 14.0 Å². The number of rotatable bonds is 2. The van der Waals surface area contributed by atoms with Crippen molar-refractivity contribution in [3.05, 3.63) is 211 Å². The number of aryl methyl sites for hydroxylation is 2. The summed E-state index contributed by atoms with van der Waals surface area (Å²) in [6, 6.07) is 70.3. The maximum Gasteiger partial charge on any atom is 0.146 e. The van der Waals surface area contributed by atoms with E-state index in [9.17, 15) is 0 Å². The number of benzene rings is 8. The van der Waals surface area contributed by atoms with Crippen LogP contribution in [0.5, 0.6) is 0 Å². The molecule has 0 aliphatic rings. The number of imidazole rings is 1. The SMILES string of the molecule is CC.Cc1cccc(-n2c3ccccc3c3ccc4c(c5ccccc5c5nc6ccccc6n45)c32)c1.Cc1ccccc1.c1ccc(-c2ccccc2)cc1. The van der Waals surface area contributed by atoms with E-state index in [2.05, 4.69) is 193 Å². The molecule has 0 saturated carbocycles. The van der Waals surface area contributed by atoms with Crippen molar-refractivity contribution in [2.24, 2.45) is 0 Å². The van der Waals surface area contributed by atoms with Crippen molar-refractivity contribution in [1.29, 1.82) is 0 Å². The molecule has 0 radical (unpaired) electrons. The zero-order chi connectivity index (χ0) is 38.4. The first-order chi connectivity index (χ1) is 27.7. The molecule has 8 aromatic carbocycles. The van der Waals surface area contributed by atoms with Gasteiger partial charge in [0.25, 0.3) is 0 Å². The lowest BCUT2D eigenvalue weighted by Gasteiger charge is -2.14. The Morgan fingerprint density at radius 1 is 0.393 bits per heavy atom. The molecule has 3 heteroatoms. The Bertz CT molecular complexity index is 3010. The van der Waals surface area contributed by atoms with Crippen LogP contribution >= 0.6 is 0 Å². The van der Waals surface area contributed by atoms with Crippen LogP contribution in [0.1, 0.15) is 25.0 Å². The molecule has 272 valence electrons. The Kier molecular flexibility index (Phi) is 10.4. The molecule has 0 bridgehead atoms. The smallest absolute Gasteiger partial charge is 0.146 e. The summed E-state index contributed by atoms with van der Waals surface area (Å²) in [5.41, 5.74) is 13.1. The zero-order valence-corrected chi connectivity index (χ0v) is 32.4. The highest BCUT2D eigenvalue weighted by atomic mass is 15.0. The highest BCUT2D eigenvalue weighted by molar-refractivity contribution is 6.27. The standard InChI is InChI=1S/C32H21N3.C12H10.C7H8.C2H6/c1-20-9-8-10-21(19-20)34-27-15-6-4-11-22(27)24-17-18-29-30(31(24)34)23-12-2-3-13-25(23)32-33-26-14-5-7-16-28(26)35(29)32;1-3-7-11(8-4-1)12-9-5-2-6-10-12;1-7-5-3-2-4-6-7;1-2/h2-19H,1H3;1-10H;2-6H,1H3;1-2H3. The van der Waals surface area contributed by atoms with Gasteiger partial charge < -0.3 is 4.57 Å². The van der Waals surface area contributed by atoms with Gasteiger partial charge in [0.1, 0.15) is 5.65 Å². The Labute approximate surface area is 328 Å². The molecule has 0 fully saturated rings. The van der Waals surface area contributed by atoms with E-state index >= 15 is 0 Å². The van der Waals surface area contributed by atoms with E-state index in [1.165, 1.54) is 71.4 Å². The molecule has 0 unspecified atom stereocenters. The van der Waals surface area contributed by atoms with Gasteiger partial charge in [0.2, 0.25) is 0 Å². The van der Waals surface area contributed by atoms with Crippen molar-refractivity contribution in [3.63, 3.8) is 0 Å². The average molecular weight is 724 g/mol. The molecule has 0 atom stereocenters. The molecule has 0 saturated heterocycles. The van der Waals surface area contributed by atoms with Gasteiger partial charge in [0.05, 0.1) is 27.6 Å². The fraction of sp³-hybridized carbons (Fsp3) is 0.0755. The predicted octanol–water partition coefficient (Wildman–Crippen LogP) is 14.6. The fourth-order valence-electron chi connectivity index (χ4n) is 7.68. The van der Waals surface area contributed by atoms with E-state index in [-0.39, 0.29) is 0 Å². The highest BCUT2D eigenvalue weighted by Gasteiger charge is 2.20. The molecule has 0 N–H and O–H groups in total. The Hall–Kier alpha value is -6.97. The zero-order valence-electron chi connectivity index (χ0n) is 32.4. The Morgan fingerprint density at radius 2 is 0.929 bits per heavy atom. The molecule has 0 aliphatic heterocycles. The molecule has 11 aromatic rings. The lowest BCUT2D eigenvalue weighted by molar-refractivity contribution is 1.18. The van der Waals surface area contributed by atoms with Crippen LogP contribution in [0.15, 0.2) is 200 Å². The van der Waals surface area contributed by atoms with Crippen molar-refractivity contribution in [2.75, 3.05) is 0 Å². The van der Waals surface area contributed by atoms with Gasteiger partial charge in [-0.05, 0) is 72.3 Å². The maximum absolute atomic E-state index is 5.06. The molecule has 3 aromatic heterocycles. The quantitative estimate of drug-likeness (QED) is 0.163. The Morgan fingerprint density at radius 3 is 1.55 bits per heavy atom. The number of aromatic nitrogens is 3. The van der Waals surface area contributed by atoms with Crippen LogP contribution in [0.2, 0.25) is 0 Å². The van der Waals surface area contributed by atoms with Crippen LogP contribution in [-0.2, 0) is 0 Å². The summed E-state index contributed by atoms with van der Waals surface area (Å²) in [6.45, 7) is 8.24.